The molecule has 4 nitrogen and oxygen atoms in total. The average Bonchev–Trinajstić information content (AvgIpc) is 2.86. The molecule has 0 N–H and O–H groups in total. The van der Waals surface area contributed by atoms with E-state index in [0.29, 0.717) is 15.6 Å². The van der Waals surface area contributed by atoms with Gasteiger partial charge in [-0.1, -0.05) is 35.1 Å². The molecule has 124 valence electrons. The molecular weight excluding hydrogens is 344 g/mol. The molecular formula is C18H17ClN2O2S. The van der Waals surface area contributed by atoms with E-state index in [1.165, 1.54) is 11.3 Å². The Morgan fingerprint density at radius 1 is 1.17 bits per heavy atom. The number of aromatic nitrogens is 1. The number of benzene rings is 2. The Morgan fingerprint density at radius 3 is 2.50 bits per heavy atom. The van der Waals surface area contributed by atoms with Crippen LogP contribution in [0.3, 0.4) is 0 Å². The minimum absolute atomic E-state index is 0.334. The summed E-state index contributed by atoms with van der Waals surface area (Å²) >= 11 is 7.35. The molecule has 0 aliphatic rings. The molecule has 1 aromatic heterocycles. The van der Waals surface area contributed by atoms with Crippen molar-refractivity contribution in [3.63, 3.8) is 0 Å². The van der Waals surface area contributed by atoms with E-state index in [-0.39, 0.29) is 5.91 Å². The van der Waals surface area contributed by atoms with Gasteiger partial charge in [0.05, 0.1) is 10.2 Å². The predicted octanol–water partition coefficient (Wildman–Crippen LogP) is 4.18. The Balaban J connectivity index is 1.91. The first-order valence-corrected chi connectivity index (χ1v) is 8.64. The Hall–Kier alpha value is -2.11. The van der Waals surface area contributed by atoms with Crippen molar-refractivity contribution in [1.82, 2.24) is 4.57 Å². The Morgan fingerprint density at radius 2 is 1.83 bits per heavy atom. The maximum atomic E-state index is 12.6. The fourth-order valence-corrected chi connectivity index (χ4v) is 3.39. The Labute approximate surface area is 149 Å². The number of ether oxygens (including phenoxy) is 1. The van der Waals surface area contributed by atoms with Gasteiger partial charge in [0.25, 0.3) is 5.91 Å². The predicted molar refractivity (Wildman–Crippen MR) is 97.5 cm³/mol. The van der Waals surface area contributed by atoms with Gasteiger partial charge in [0, 0.05) is 12.1 Å². The zero-order chi connectivity index (χ0) is 17.3. The summed E-state index contributed by atoms with van der Waals surface area (Å²) in [5.41, 5.74) is -0.0257. The van der Waals surface area contributed by atoms with Gasteiger partial charge in [0.1, 0.15) is 5.75 Å². The van der Waals surface area contributed by atoms with Crippen LogP contribution in [0.25, 0.3) is 10.2 Å². The molecule has 0 fully saturated rings. The quantitative estimate of drug-likeness (QED) is 0.703. The van der Waals surface area contributed by atoms with Crippen molar-refractivity contribution in [2.45, 2.75) is 19.4 Å². The van der Waals surface area contributed by atoms with Crippen LogP contribution in [0.1, 0.15) is 13.8 Å². The van der Waals surface area contributed by atoms with Gasteiger partial charge in [-0.05, 0) is 50.2 Å². The number of rotatable bonds is 3. The van der Waals surface area contributed by atoms with Gasteiger partial charge in [-0.15, -0.1) is 0 Å². The van der Waals surface area contributed by atoms with E-state index in [1.54, 1.807) is 38.1 Å². The van der Waals surface area contributed by atoms with E-state index in [2.05, 4.69) is 4.99 Å². The number of fused-ring (bicyclic) bond motifs is 1. The third-order valence-corrected chi connectivity index (χ3v) is 4.98. The summed E-state index contributed by atoms with van der Waals surface area (Å²) < 4.78 is 8.80. The van der Waals surface area contributed by atoms with Gasteiger partial charge in [0.2, 0.25) is 0 Å². The number of nitrogens with zero attached hydrogens (tertiary/aromatic N) is 2. The zero-order valence-electron chi connectivity index (χ0n) is 13.6. The SMILES string of the molecule is Cn1c(=NC(=O)C(C)(C)Oc2ccc(Cl)cc2)sc2ccccc21. The highest BCUT2D eigenvalue weighted by Gasteiger charge is 2.30. The first-order chi connectivity index (χ1) is 11.4. The molecule has 0 aliphatic carbocycles. The molecule has 6 heteroatoms. The Bertz CT molecular complexity index is 955. The number of thiazole rings is 1. The van der Waals surface area contributed by atoms with Crippen LogP contribution in [0.15, 0.2) is 53.5 Å². The summed E-state index contributed by atoms with van der Waals surface area (Å²) in [4.78, 5) is 17.5. The van der Waals surface area contributed by atoms with Crippen LogP contribution < -0.4 is 9.54 Å². The number of carbonyl (C=O) groups is 1. The summed E-state index contributed by atoms with van der Waals surface area (Å²) in [6.45, 7) is 3.42. The first-order valence-electron chi connectivity index (χ1n) is 7.45. The molecule has 0 radical (unpaired) electrons. The van der Waals surface area contributed by atoms with Gasteiger partial charge >= 0.3 is 0 Å². The topological polar surface area (TPSA) is 43.6 Å². The van der Waals surface area contributed by atoms with E-state index < -0.39 is 5.60 Å². The number of hydrogen-bond acceptors (Lipinski definition) is 3. The molecule has 1 heterocycles. The zero-order valence-corrected chi connectivity index (χ0v) is 15.2. The molecule has 0 atom stereocenters. The molecule has 0 saturated heterocycles. The highest BCUT2D eigenvalue weighted by Crippen LogP contribution is 2.22. The molecule has 0 bridgehead atoms. The molecule has 0 unspecified atom stereocenters. The van der Waals surface area contributed by atoms with Crippen molar-refractivity contribution in [1.29, 1.82) is 0 Å². The van der Waals surface area contributed by atoms with Gasteiger partial charge in [-0.2, -0.15) is 4.99 Å². The van der Waals surface area contributed by atoms with Crippen molar-refractivity contribution in [3.05, 3.63) is 58.4 Å². The second kappa shape index (κ2) is 6.42. The molecule has 3 rings (SSSR count). The lowest BCUT2D eigenvalue weighted by atomic mass is 10.1. The number of hydrogen-bond donors (Lipinski definition) is 0. The van der Waals surface area contributed by atoms with Crippen LogP contribution in [0.4, 0.5) is 0 Å². The summed E-state index contributed by atoms with van der Waals surface area (Å²) in [6.07, 6.45) is 0. The molecule has 0 saturated carbocycles. The van der Waals surface area contributed by atoms with Crippen LogP contribution in [-0.2, 0) is 11.8 Å². The van der Waals surface area contributed by atoms with Crippen molar-refractivity contribution in [2.24, 2.45) is 12.0 Å². The van der Waals surface area contributed by atoms with E-state index in [9.17, 15) is 4.79 Å². The van der Waals surface area contributed by atoms with Crippen LogP contribution in [-0.4, -0.2) is 16.1 Å². The molecule has 24 heavy (non-hydrogen) atoms. The summed E-state index contributed by atoms with van der Waals surface area (Å²) in [5.74, 6) is 0.244. The molecule has 0 aliphatic heterocycles. The Kier molecular flexibility index (Phi) is 4.47. The van der Waals surface area contributed by atoms with Crippen molar-refractivity contribution in [3.8, 4) is 5.75 Å². The van der Waals surface area contributed by atoms with Crippen molar-refractivity contribution < 1.29 is 9.53 Å². The van der Waals surface area contributed by atoms with Gasteiger partial charge in [-0.3, -0.25) is 4.79 Å². The molecule has 0 spiro atoms. The molecule has 3 aromatic rings. The van der Waals surface area contributed by atoms with Gasteiger partial charge < -0.3 is 9.30 Å². The number of carbonyl (C=O) groups excluding carboxylic acids is 1. The van der Waals surface area contributed by atoms with Gasteiger partial charge in [-0.25, -0.2) is 0 Å². The maximum absolute atomic E-state index is 12.6. The number of amides is 1. The smallest absolute Gasteiger partial charge is 0.291 e. The summed E-state index contributed by atoms with van der Waals surface area (Å²) in [6, 6.07) is 14.9. The second-order valence-electron chi connectivity index (χ2n) is 5.89. The highest BCUT2D eigenvalue weighted by atomic mass is 35.5. The normalized spacial score (nSPS) is 12.6. The lowest BCUT2D eigenvalue weighted by Crippen LogP contribution is -2.38. The highest BCUT2D eigenvalue weighted by molar-refractivity contribution is 7.16. The van der Waals surface area contributed by atoms with Crippen molar-refractivity contribution >= 4 is 39.1 Å². The lowest BCUT2D eigenvalue weighted by molar-refractivity contribution is -0.130. The third kappa shape index (κ3) is 3.37. The van der Waals surface area contributed by atoms with Crippen molar-refractivity contribution in [2.75, 3.05) is 0 Å². The third-order valence-electron chi connectivity index (χ3n) is 3.61. The maximum Gasteiger partial charge on any atom is 0.291 e. The van der Waals surface area contributed by atoms with E-state index in [1.807, 2.05) is 35.9 Å². The molecule has 1 amide bonds. The van der Waals surface area contributed by atoms with Gasteiger partial charge in [0.15, 0.2) is 10.4 Å². The molecule has 2 aromatic carbocycles. The van der Waals surface area contributed by atoms with E-state index in [4.69, 9.17) is 16.3 Å². The minimum atomic E-state index is -1.07. The standard InChI is InChI=1S/C18H17ClN2O2S/c1-18(2,23-13-10-8-12(19)9-11-13)16(22)20-17-21(3)14-6-4-5-7-15(14)24-17/h4-11H,1-3H3. The van der Waals surface area contributed by atoms with E-state index in [0.717, 1.165) is 10.2 Å². The second-order valence-corrected chi connectivity index (χ2v) is 7.34. The summed E-state index contributed by atoms with van der Waals surface area (Å²) in [7, 11) is 1.90. The monoisotopic (exact) mass is 360 g/mol. The first kappa shape index (κ1) is 16.7. The summed E-state index contributed by atoms with van der Waals surface area (Å²) in [5, 5.41) is 0.619. The van der Waals surface area contributed by atoms with E-state index >= 15 is 0 Å². The number of aryl methyl sites for hydroxylation is 1. The van der Waals surface area contributed by atoms with Crippen LogP contribution in [0.5, 0.6) is 5.75 Å². The van der Waals surface area contributed by atoms with Crippen LogP contribution >= 0.6 is 22.9 Å². The number of halogens is 1. The largest absolute Gasteiger partial charge is 0.478 e. The van der Waals surface area contributed by atoms with Crippen LogP contribution in [0, 0.1) is 0 Å². The van der Waals surface area contributed by atoms with Crippen LogP contribution in [0.2, 0.25) is 5.02 Å². The number of para-hydroxylation sites is 1. The minimum Gasteiger partial charge on any atom is -0.478 e. The lowest BCUT2D eigenvalue weighted by Gasteiger charge is -2.22. The fourth-order valence-electron chi connectivity index (χ4n) is 2.25. The average molecular weight is 361 g/mol. The fraction of sp³-hybridized carbons (Fsp3) is 0.222.